The van der Waals surface area contributed by atoms with Crippen LogP contribution in [0.1, 0.15) is 44.2 Å². The van der Waals surface area contributed by atoms with E-state index in [9.17, 15) is 9.59 Å². The summed E-state index contributed by atoms with van der Waals surface area (Å²) in [6.45, 7) is 0.982. The van der Waals surface area contributed by atoms with Crippen molar-refractivity contribution in [2.45, 2.75) is 51.0 Å². The molecule has 0 saturated heterocycles. The summed E-state index contributed by atoms with van der Waals surface area (Å²) in [7, 11) is 1.62. The normalized spacial score (nSPS) is 14.5. The molecule has 0 aliphatic heterocycles. The Kier molecular flexibility index (Phi) is 7.75. The standard InChI is InChI=1S/C21H28N4O4/c1-28-13-14-29-17-9-7-15(8-10-17)20-23-21(27)18(24-25-20)11-12-19(26)22-16-5-3-2-4-6-16/h7-10,16H,2-6,11-14H2,1H3,(H,22,26)(H,23,25,27). The average Bonchev–Trinajstić information content (AvgIpc) is 2.74. The Morgan fingerprint density at radius 2 is 1.90 bits per heavy atom. The van der Waals surface area contributed by atoms with Crippen molar-refractivity contribution in [2.24, 2.45) is 0 Å². The highest BCUT2D eigenvalue weighted by atomic mass is 16.5. The summed E-state index contributed by atoms with van der Waals surface area (Å²) in [5, 5.41) is 11.2. The van der Waals surface area contributed by atoms with Crippen LogP contribution in [0.5, 0.6) is 5.75 Å². The Balaban J connectivity index is 1.54. The maximum atomic E-state index is 12.3. The maximum Gasteiger partial charge on any atom is 0.273 e. The first-order chi connectivity index (χ1) is 14.2. The summed E-state index contributed by atoms with van der Waals surface area (Å²) in [4.78, 5) is 27.2. The summed E-state index contributed by atoms with van der Waals surface area (Å²) >= 11 is 0. The van der Waals surface area contributed by atoms with E-state index in [2.05, 4.69) is 20.5 Å². The van der Waals surface area contributed by atoms with Crippen LogP contribution < -0.4 is 15.6 Å². The van der Waals surface area contributed by atoms with Gasteiger partial charge in [0, 0.05) is 31.6 Å². The number of H-pyrrole nitrogens is 1. The Morgan fingerprint density at radius 1 is 1.14 bits per heavy atom. The first kappa shape index (κ1) is 21.0. The van der Waals surface area contributed by atoms with E-state index in [1.165, 1.54) is 6.42 Å². The molecule has 2 aromatic rings. The molecule has 8 heteroatoms. The minimum atomic E-state index is -0.319. The Hall–Kier alpha value is -2.74. The lowest BCUT2D eigenvalue weighted by Crippen LogP contribution is -2.36. The molecule has 156 valence electrons. The van der Waals surface area contributed by atoms with E-state index >= 15 is 0 Å². The van der Waals surface area contributed by atoms with Crippen molar-refractivity contribution in [2.75, 3.05) is 20.3 Å². The lowest BCUT2D eigenvalue weighted by molar-refractivity contribution is -0.122. The van der Waals surface area contributed by atoms with E-state index in [0.717, 1.165) is 31.2 Å². The molecule has 1 heterocycles. The Bertz CT molecular complexity index is 845. The predicted molar refractivity (Wildman–Crippen MR) is 109 cm³/mol. The number of aromatic amines is 1. The molecule has 8 nitrogen and oxygen atoms in total. The number of nitrogens with one attached hydrogen (secondary N) is 2. The Labute approximate surface area is 170 Å². The van der Waals surface area contributed by atoms with Gasteiger partial charge in [-0.25, -0.2) is 0 Å². The fraction of sp³-hybridized carbons (Fsp3) is 0.524. The third kappa shape index (κ3) is 6.39. The number of nitrogens with zero attached hydrogens (tertiary/aromatic N) is 2. The summed E-state index contributed by atoms with van der Waals surface area (Å²) in [5.74, 6) is 1.06. The van der Waals surface area contributed by atoms with Gasteiger partial charge in [-0.2, -0.15) is 0 Å². The molecule has 29 heavy (non-hydrogen) atoms. The zero-order chi connectivity index (χ0) is 20.5. The van der Waals surface area contributed by atoms with Crippen molar-refractivity contribution in [3.63, 3.8) is 0 Å². The second-order valence-corrected chi connectivity index (χ2v) is 7.22. The van der Waals surface area contributed by atoms with Crippen LogP contribution in [-0.4, -0.2) is 47.5 Å². The van der Waals surface area contributed by atoms with Gasteiger partial charge in [-0.05, 0) is 37.1 Å². The quantitative estimate of drug-likeness (QED) is 0.625. The van der Waals surface area contributed by atoms with E-state index < -0.39 is 0 Å². The molecule has 2 N–H and O–H groups in total. The number of amides is 1. The van der Waals surface area contributed by atoms with Crippen LogP contribution in [0.15, 0.2) is 29.1 Å². The minimum absolute atomic E-state index is 0.0359. The minimum Gasteiger partial charge on any atom is -0.491 e. The van der Waals surface area contributed by atoms with E-state index in [0.29, 0.717) is 24.8 Å². The van der Waals surface area contributed by atoms with Gasteiger partial charge in [0.1, 0.15) is 18.1 Å². The topological polar surface area (TPSA) is 106 Å². The van der Waals surface area contributed by atoms with Crippen molar-refractivity contribution in [3.05, 3.63) is 40.3 Å². The molecular weight excluding hydrogens is 372 g/mol. The fourth-order valence-corrected chi connectivity index (χ4v) is 3.38. The molecule has 3 rings (SSSR count). The van der Waals surface area contributed by atoms with Crippen molar-refractivity contribution >= 4 is 5.91 Å². The van der Waals surface area contributed by atoms with E-state index in [1.54, 1.807) is 31.4 Å². The van der Waals surface area contributed by atoms with Crippen molar-refractivity contribution in [1.82, 2.24) is 20.5 Å². The fourth-order valence-electron chi connectivity index (χ4n) is 3.38. The van der Waals surface area contributed by atoms with Crippen LogP contribution in [0.4, 0.5) is 0 Å². The highest BCUT2D eigenvalue weighted by Gasteiger charge is 2.16. The van der Waals surface area contributed by atoms with Crippen LogP contribution in [0.2, 0.25) is 0 Å². The van der Waals surface area contributed by atoms with Crippen molar-refractivity contribution in [1.29, 1.82) is 0 Å². The largest absolute Gasteiger partial charge is 0.491 e. The second kappa shape index (κ2) is 10.7. The van der Waals surface area contributed by atoms with Crippen LogP contribution in [0.25, 0.3) is 11.4 Å². The molecule has 0 atom stereocenters. The second-order valence-electron chi connectivity index (χ2n) is 7.22. The average molecular weight is 400 g/mol. The number of aryl methyl sites for hydroxylation is 1. The third-order valence-corrected chi connectivity index (χ3v) is 5.01. The van der Waals surface area contributed by atoms with Crippen LogP contribution >= 0.6 is 0 Å². The number of carbonyl (C=O) groups is 1. The van der Waals surface area contributed by atoms with Crippen molar-refractivity contribution in [3.8, 4) is 17.1 Å². The molecular formula is C21H28N4O4. The summed E-state index contributed by atoms with van der Waals surface area (Å²) in [6.07, 6.45) is 6.16. The first-order valence-electron chi connectivity index (χ1n) is 10.1. The van der Waals surface area contributed by atoms with Crippen molar-refractivity contribution < 1.29 is 14.3 Å². The number of hydrogen-bond acceptors (Lipinski definition) is 6. The van der Waals surface area contributed by atoms with Gasteiger partial charge in [0.25, 0.3) is 5.56 Å². The first-order valence-corrected chi connectivity index (χ1v) is 10.1. The summed E-state index contributed by atoms with van der Waals surface area (Å²) < 4.78 is 10.5. The van der Waals surface area contributed by atoms with E-state index in [1.807, 2.05) is 0 Å². The van der Waals surface area contributed by atoms with Crippen LogP contribution in [-0.2, 0) is 16.0 Å². The number of benzene rings is 1. The molecule has 1 aliphatic carbocycles. The van der Waals surface area contributed by atoms with Crippen LogP contribution in [0.3, 0.4) is 0 Å². The molecule has 1 aliphatic rings. The van der Waals surface area contributed by atoms with E-state index in [4.69, 9.17) is 9.47 Å². The van der Waals surface area contributed by atoms with Gasteiger partial charge in [0.15, 0.2) is 5.82 Å². The SMILES string of the molecule is COCCOc1ccc(-c2nnc(CCC(=O)NC3CCCCC3)c(=O)[nH]2)cc1. The Morgan fingerprint density at radius 3 is 2.59 bits per heavy atom. The molecule has 1 saturated carbocycles. The highest BCUT2D eigenvalue weighted by molar-refractivity contribution is 5.76. The highest BCUT2D eigenvalue weighted by Crippen LogP contribution is 2.19. The third-order valence-electron chi connectivity index (χ3n) is 5.01. The molecule has 0 bridgehead atoms. The molecule has 0 unspecified atom stereocenters. The van der Waals surface area contributed by atoms with Gasteiger partial charge >= 0.3 is 0 Å². The van der Waals surface area contributed by atoms with Gasteiger partial charge < -0.3 is 19.8 Å². The number of ether oxygens (including phenoxy) is 2. The zero-order valence-corrected chi connectivity index (χ0v) is 16.8. The lowest BCUT2D eigenvalue weighted by atomic mass is 9.95. The van der Waals surface area contributed by atoms with Gasteiger partial charge in [-0.1, -0.05) is 19.3 Å². The number of carbonyl (C=O) groups excluding carboxylic acids is 1. The van der Waals surface area contributed by atoms with E-state index in [-0.39, 0.29) is 36.0 Å². The predicted octanol–water partition coefficient (Wildman–Crippen LogP) is 2.24. The number of aromatic nitrogens is 3. The molecule has 1 aromatic carbocycles. The molecule has 1 fully saturated rings. The lowest BCUT2D eigenvalue weighted by Gasteiger charge is -2.22. The van der Waals surface area contributed by atoms with Gasteiger partial charge in [0.05, 0.1) is 6.61 Å². The molecule has 1 amide bonds. The molecule has 0 radical (unpaired) electrons. The number of rotatable bonds is 9. The number of methoxy groups -OCH3 is 1. The smallest absolute Gasteiger partial charge is 0.273 e. The van der Waals surface area contributed by atoms with Gasteiger partial charge in [-0.3, -0.25) is 9.59 Å². The molecule has 1 aromatic heterocycles. The van der Waals surface area contributed by atoms with Crippen LogP contribution in [0, 0.1) is 0 Å². The number of hydrogen-bond donors (Lipinski definition) is 2. The van der Waals surface area contributed by atoms with Gasteiger partial charge in [-0.15, -0.1) is 10.2 Å². The monoisotopic (exact) mass is 400 g/mol. The molecule has 0 spiro atoms. The summed E-state index contributed by atoms with van der Waals surface area (Å²) in [5.41, 5.74) is 0.684. The summed E-state index contributed by atoms with van der Waals surface area (Å²) in [6, 6.07) is 7.48. The van der Waals surface area contributed by atoms with Gasteiger partial charge in [0.2, 0.25) is 5.91 Å². The maximum absolute atomic E-state index is 12.3. The zero-order valence-electron chi connectivity index (χ0n) is 16.8.